The van der Waals surface area contributed by atoms with Crippen LogP contribution in [0.2, 0.25) is 0 Å². The van der Waals surface area contributed by atoms with Crippen molar-refractivity contribution >= 4 is 28.8 Å². The van der Waals surface area contributed by atoms with E-state index in [0.717, 1.165) is 11.8 Å². The lowest BCUT2D eigenvalue weighted by atomic mass is 10.2. The summed E-state index contributed by atoms with van der Waals surface area (Å²) < 4.78 is 4.86. The van der Waals surface area contributed by atoms with Crippen molar-refractivity contribution in [2.75, 3.05) is 12.4 Å². The number of amides is 1. The number of esters is 1. The van der Waals surface area contributed by atoms with Crippen LogP contribution in [0.1, 0.15) is 29.8 Å². The van der Waals surface area contributed by atoms with Crippen molar-refractivity contribution in [2.24, 2.45) is 0 Å². The van der Waals surface area contributed by atoms with Crippen LogP contribution in [0.3, 0.4) is 0 Å². The van der Waals surface area contributed by atoms with Gasteiger partial charge in [0.15, 0.2) is 0 Å². The van der Waals surface area contributed by atoms with Crippen molar-refractivity contribution in [2.45, 2.75) is 26.5 Å². The first-order valence-corrected chi connectivity index (χ1v) is 8.31. The molecule has 0 aliphatic heterocycles. The minimum atomic E-state index is -0.910. The van der Waals surface area contributed by atoms with E-state index in [9.17, 15) is 19.6 Å². The van der Waals surface area contributed by atoms with Gasteiger partial charge in [0, 0.05) is 18.2 Å². The number of nitrogens with zero attached hydrogens (tertiary/aromatic N) is 1. The molecular weight excluding hydrogens is 352 g/mol. The minimum Gasteiger partial charge on any atom is -0.738 e. The van der Waals surface area contributed by atoms with E-state index in [1.807, 2.05) is 0 Å². The topological polar surface area (TPSA) is 128 Å². The molecule has 0 aliphatic carbocycles. The molecule has 0 aromatic heterocycles. The highest BCUT2D eigenvalue weighted by atomic mass is 32.2. The lowest BCUT2D eigenvalue weighted by Gasteiger charge is -2.18. The average Bonchev–Trinajstić information content (AvgIpc) is 2.56. The van der Waals surface area contributed by atoms with Crippen LogP contribution in [-0.2, 0) is 25.8 Å². The molecule has 0 fully saturated rings. The molecule has 138 valence electrons. The van der Waals surface area contributed by atoms with E-state index in [0.29, 0.717) is 11.1 Å². The largest absolute Gasteiger partial charge is 0.738 e. The highest BCUT2D eigenvalue weighted by Crippen LogP contribution is 2.15. The molecule has 1 rings (SSSR count). The zero-order valence-corrected chi connectivity index (χ0v) is 14.6. The van der Waals surface area contributed by atoms with Crippen molar-refractivity contribution in [3.8, 4) is 0 Å². The Balaban J connectivity index is 2.61. The second kappa shape index (κ2) is 10.8. The predicted molar refractivity (Wildman–Crippen MR) is 89.2 cm³/mol. The van der Waals surface area contributed by atoms with Crippen LogP contribution in [0.25, 0.3) is 0 Å². The van der Waals surface area contributed by atoms with Crippen molar-refractivity contribution in [3.05, 3.63) is 40.6 Å². The molecule has 1 aromatic rings. The Kier molecular flexibility index (Phi) is 9.10. The number of ether oxygens (including phenoxy) is 1. The monoisotopic (exact) mass is 371 g/mol. The first-order chi connectivity index (χ1) is 11.8. The molecule has 0 saturated carbocycles. The first-order valence-electron chi connectivity index (χ1n) is 7.32. The molecule has 1 amide bonds. The lowest BCUT2D eigenvalue weighted by Crippen LogP contribution is -2.42. The molecule has 25 heavy (non-hydrogen) atoms. The van der Waals surface area contributed by atoms with Crippen LogP contribution in [0, 0.1) is 5.21 Å². The summed E-state index contributed by atoms with van der Waals surface area (Å²) in [6.07, 6.45) is 0. The van der Waals surface area contributed by atoms with Crippen LogP contribution in [-0.4, -0.2) is 46.0 Å². The average molecular weight is 371 g/mol. The van der Waals surface area contributed by atoms with Gasteiger partial charge in [-0.15, -0.1) is 5.39 Å². The SMILES string of the molecule is CCOC(=O)[C@H](CSC(=O)c1ccc(CON([O-])O)cc1)NC(C)=O. The molecule has 0 bridgehead atoms. The van der Waals surface area contributed by atoms with Gasteiger partial charge >= 0.3 is 5.97 Å². The fraction of sp³-hybridized carbons (Fsp3) is 0.400. The van der Waals surface area contributed by atoms with Crippen LogP contribution >= 0.6 is 11.8 Å². The van der Waals surface area contributed by atoms with Crippen LogP contribution in [0.4, 0.5) is 0 Å². The van der Waals surface area contributed by atoms with Gasteiger partial charge in [-0.25, -0.2) is 4.79 Å². The fourth-order valence-electron chi connectivity index (χ4n) is 1.77. The maximum absolute atomic E-state index is 12.2. The zero-order valence-electron chi connectivity index (χ0n) is 13.8. The molecule has 0 aliphatic rings. The third-order valence-electron chi connectivity index (χ3n) is 2.86. The summed E-state index contributed by atoms with van der Waals surface area (Å²) in [7, 11) is 0. The van der Waals surface area contributed by atoms with Crippen molar-refractivity contribution in [3.63, 3.8) is 0 Å². The molecule has 1 atom stereocenters. The van der Waals surface area contributed by atoms with Gasteiger partial charge in [0.2, 0.25) is 11.0 Å². The molecule has 0 unspecified atom stereocenters. The highest BCUT2D eigenvalue weighted by Gasteiger charge is 2.22. The highest BCUT2D eigenvalue weighted by molar-refractivity contribution is 8.14. The number of thioether (sulfide) groups is 1. The second-order valence-electron chi connectivity index (χ2n) is 4.81. The Labute approximate surface area is 148 Å². The number of rotatable bonds is 9. The predicted octanol–water partition coefficient (Wildman–Crippen LogP) is 1.25. The van der Waals surface area contributed by atoms with E-state index in [-0.39, 0.29) is 24.1 Å². The Bertz CT molecular complexity index is 592. The molecule has 2 N–H and O–H groups in total. The van der Waals surface area contributed by atoms with Gasteiger partial charge in [0.25, 0.3) is 0 Å². The minimum absolute atomic E-state index is 0.0394. The summed E-state index contributed by atoms with van der Waals surface area (Å²) >= 11 is 0.874. The van der Waals surface area contributed by atoms with E-state index in [4.69, 9.17) is 9.94 Å². The van der Waals surface area contributed by atoms with Crippen molar-refractivity contribution in [1.82, 2.24) is 10.7 Å². The van der Waals surface area contributed by atoms with E-state index in [1.165, 1.54) is 19.1 Å². The van der Waals surface area contributed by atoms with Gasteiger partial charge in [-0.05, 0) is 12.5 Å². The van der Waals surface area contributed by atoms with Gasteiger partial charge in [-0.1, -0.05) is 36.0 Å². The van der Waals surface area contributed by atoms with E-state index >= 15 is 0 Å². The number of nitrogens with one attached hydrogen (secondary N) is 1. The van der Waals surface area contributed by atoms with E-state index in [2.05, 4.69) is 10.2 Å². The summed E-state index contributed by atoms with van der Waals surface area (Å²) in [5, 5.41) is 20.1. The molecule has 0 saturated heterocycles. The summed E-state index contributed by atoms with van der Waals surface area (Å²) in [5.74, 6) is -0.957. The number of benzene rings is 1. The van der Waals surface area contributed by atoms with Gasteiger partial charge < -0.3 is 20.5 Å². The molecule has 0 radical (unpaired) electrons. The summed E-state index contributed by atoms with van der Waals surface area (Å²) in [6, 6.07) is 5.27. The maximum atomic E-state index is 12.2. The Morgan fingerprint density at radius 2 is 1.96 bits per heavy atom. The van der Waals surface area contributed by atoms with E-state index < -0.39 is 23.3 Å². The first kappa shape index (κ1) is 21.1. The fourth-order valence-corrected chi connectivity index (χ4v) is 2.61. The smallest absolute Gasteiger partial charge is 0.329 e. The summed E-state index contributed by atoms with van der Waals surface area (Å²) in [6.45, 7) is 2.95. The van der Waals surface area contributed by atoms with Gasteiger partial charge in [0.1, 0.15) is 6.04 Å². The quantitative estimate of drug-likeness (QED) is 0.486. The number of carbonyl (C=O) groups is 3. The molecule has 9 nitrogen and oxygen atoms in total. The number of carbonyl (C=O) groups excluding carboxylic acids is 3. The van der Waals surface area contributed by atoms with Gasteiger partial charge in [-0.2, -0.15) is 0 Å². The number of hydrogen-bond acceptors (Lipinski definition) is 9. The molecule has 0 heterocycles. The third kappa shape index (κ3) is 8.09. The second-order valence-corrected chi connectivity index (χ2v) is 5.80. The maximum Gasteiger partial charge on any atom is 0.329 e. The molecule has 1 aromatic carbocycles. The number of hydrogen-bond donors (Lipinski definition) is 2. The van der Waals surface area contributed by atoms with E-state index in [1.54, 1.807) is 19.1 Å². The summed E-state index contributed by atoms with van der Waals surface area (Å²) in [5.41, 5.74) is 0.959. The lowest BCUT2D eigenvalue weighted by molar-refractivity contribution is -0.312. The Hall–Kier alpha value is -1.98. The standard InChI is InChI=1S/C15H19N2O7S/c1-3-23-14(19)13(16-10(2)18)9-25-15(20)12-6-4-11(5-7-12)8-24-17(21)22/h4-7,13,21H,3,8-9H2,1-2H3,(H,16,18)/q-1/t13-/m0/s1. The van der Waals surface area contributed by atoms with Gasteiger partial charge in [-0.3, -0.25) is 14.4 Å². The Morgan fingerprint density at radius 3 is 2.48 bits per heavy atom. The van der Waals surface area contributed by atoms with Crippen LogP contribution < -0.4 is 5.32 Å². The van der Waals surface area contributed by atoms with Crippen molar-refractivity contribution < 1.29 is 29.2 Å². The third-order valence-corrected chi connectivity index (χ3v) is 3.86. The molecule has 10 heteroatoms. The van der Waals surface area contributed by atoms with Gasteiger partial charge in [0.05, 0.1) is 13.2 Å². The Morgan fingerprint density at radius 1 is 1.32 bits per heavy atom. The molecule has 0 spiro atoms. The summed E-state index contributed by atoms with van der Waals surface area (Å²) in [4.78, 5) is 39.4. The molecular formula is C15H19N2O7S-. The van der Waals surface area contributed by atoms with Crippen LogP contribution in [0.15, 0.2) is 24.3 Å². The van der Waals surface area contributed by atoms with Crippen molar-refractivity contribution in [1.29, 1.82) is 0 Å². The zero-order chi connectivity index (χ0) is 18.8. The van der Waals surface area contributed by atoms with Crippen LogP contribution in [0.5, 0.6) is 0 Å². The normalized spacial score (nSPS) is 11.9.